The van der Waals surface area contributed by atoms with E-state index in [1.54, 1.807) is 4.90 Å². The predicted molar refractivity (Wildman–Crippen MR) is 119 cm³/mol. The Balaban J connectivity index is 1.36. The van der Waals surface area contributed by atoms with Gasteiger partial charge in [-0.25, -0.2) is 0 Å². The molecule has 0 aliphatic carbocycles. The monoisotopic (exact) mass is 410 g/mol. The number of hydrogen-bond donors (Lipinski definition) is 4. The Morgan fingerprint density at radius 2 is 1.67 bits per heavy atom. The third-order valence-electron chi connectivity index (χ3n) is 5.73. The maximum absolute atomic E-state index is 12.3. The number of rotatable bonds is 8. The molecule has 1 saturated heterocycles. The molecule has 0 saturated carbocycles. The first-order valence-corrected chi connectivity index (χ1v) is 10.9. The second-order valence-corrected chi connectivity index (χ2v) is 8.18. The van der Waals surface area contributed by atoms with Gasteiger partial charge in [0, 0.05) is 11.3 Å². The van der Waals surface area contributed by atoms with E-state index in [0.29, 0.717) is 6.54 Å². The average molecular weight is 411 g/mol. The van der Waals surface area contributed by atoms with Crippen molar-refractivity contribution < 1.29 is 19.4 Å². The van der Waals surface area contributed by atoms with Crippen molar-refractivity contribution in [1.82, 2.24) is 5.32 Å². The number of aryl methyl sites for hydroxylation is 2. The van der Waals surface area contributed by atoms with Crippen LogP contribution in [0, 0.1) is 6.92 Å². The average Bonchev–Trinajstić information content (AvgIpc) is 2.74. The minimum absolute atomic E-state index is 0.00882. The molecule has 0 spiro atoms. The molecule has 2 amide bonds. The first-order chi connectivity index (χ1) is 14.5. The zero-order valence-electron chi connectivity index (χ0n) is 18.1. The van der Waals surface area contributed by atoms with E-state index >= 15 is 0 Å². The highest BCUT2D eigenvalue weighted by Crippen LogP contribution is 2.14. The Hall–Kier alpha value is -2.70. The highest BCUT2D eigenvalue weighted by Gasteiger charge is 2.25. The number of hydrogen-bond acceptors (Lipinski definition) is 2. The molecule has 6 nitrogen and oxygen atoms in total. The molecule has 0 unspecified atom stereocenters. The van der Waals surface area contributed by atoms with Gasteiger partial charge < -0.3 is 20.4 Å². The van der Waals surface area contributed by atoms with Crippen molar-refractivity contribution in [3.05, 3.63) is 65.2 Å². The lowest BCUT2D eigenvalue weighted by molar-refractivity contribution is -1.02. The van der Waals surface area contributed by atoms with Gasteiger partial charge in [-0.15, -0.1) is 0 Å². The van der Waals surface area contributed by atoms with Gasteiger partial charge in [0.05, 0.1) is 6.54 Å². The largest absolute Gasteiger partial charge is 0.342 e. The van der Waals surface area contributed by atoms with Gasteiger partial charge in [0.1, 0.15) is 32.7 Å². The molecule has 30 heavy (non-hydrogen) atoms. The highest BCUT2D eigenvalue weighted by molar-refractivity contribution is 5.95. The Labute approximate surface area is 179 Å². The van der Waals surface area contributed by atoms with Crippen LogP contribution in [0.25, 0.3) is 0 Å². The number of carbonyl (C=O) groups excluding carboxylic acids is 2. The first-order valence-electron chi connectivity index (χ1n) is 10.9. The summed E-state index contributed by atoms with van der Waals surface area (Å²) in [6.07, 6.45) is 0.851. The molecule has 2 aromatic rings. The summed E-state index contributed by atoms with van der Waals surface area (Å²) >= 11 is 0. The molecule has 3 rings (SSSR count). The predicted octanol–water partition coefficient (Wildman–Crippen LogP) is -0.404. The number of amides is 2. The number of carbonyl (C=O) groups is 2. The van der Waals surface area contributed by atoms with Crippen LogP contribution in [-0.2, 0) is 22.6 Å². The van der Waals surface area contributed by atoms with Crippen LogP contribution in [0.5, 0.6) is 0 Å². The fraction of sp³-hybridized carbons (Fsp3) is 0.417. The van der Waals surface area contributed by atoms with E-state index in [2.05, 4.69) is 48.7 Å². The van der Waals surface area contributed by atoms with E-state index in [4.69, 9.17) is 0 Å². The number of para-hydroxylation sites is 1. The fourth-order valence-corrected chi connectivity index (χ4v) is 4.03. The molecule has 1 aliphatic heterocycles. The van der Waals surface area contributed by atoms with E-state index < -0.39 is 0 Å². The van der Waals surface area contributed by atoms with Crippen molar-refractivity contribution in [2.24, 2.45) is 0 Å². The molecular weight excluding hydrogens is 376 g/mol. The van der Waals surface area contributed by atoms with Crippen LogP contribution in [0.4, 0.5) is 5.69 Å². The second-order valence-electron chi connectivity index (χ2n) is 8.18. The summed E-state index contributed by atoms with van der Waals surface area (Å²) in [5, 5.41) is 5.66. The molecule has 1 fully saturated rings. The Bertz CT molecular complexity index is 860. The van der Waals surface area contributed by atoms with Gasteiger partial charge in [-0.05, 0) is 25.0 Å². The summed E-state index contributed by atoms with van der Waals surface area (Å²) in [6, 6.07) is 16.4. The number of anilines is 1. The standard InChI is InChI=1S/C24H32N4O2/c1-3-21-9-4-5-10-22(21)26-23(29)16-25-24(30)18-28-13-11-27(12-14-28)17-20-8-6-7-19(2)15-20/h4-10,15H,3,11-14,16-18H2,1-2H3,(H,25,30)(H,26,29)/p+2. The van der Waals surface area contributed by atoms with E-state index in [0.717, 1.165) is 50.4 Å². The van der Waals surface area contributed by atoms with Crippen molar-refractivity contribution in [2.45, 2.75) is 26.8 Å². The smallest absolute Gasteiger partial charge is 0.275 e. The van der Waals surface area contributed by atoms with Gasteiger partial charge in [-0.2, -0.15) is 0 Å². The molecular formula is C24H34N4O2+2. The number of piperazine rings is 1. The van der Waals surface area contributed by atoms with E-state index in [1.165, 1.54) is 16.0 Å². The molecule has 6 heteroatoms. The maximum Gasteiger partial charge on any atom is 0.275 e. The summed E-state index contributed by atoms with van der Waals surface area (Å²) in [5.41, 5.74) is 4.59. The molecule has 2 aromatic carbocycles. The number of nitrogens with one attached hydrogen (secondary N) is 4. The summed E-state index contributed by atoms with van der Waals surface area (Å²) in [4.78, 5) is 27.3. The second kappa shape index (κ2) is 10.9. The van der Waals surface area contributed by atoms with Crippen LogP contribution in [0.1, 0.15) is 23.6 Å². The fourth-order valence-electron chi connectivity index (χ4n) is 4.03. The van der Waals surface area contributed by atoms with Gasteiger partial charge in [0.25, 0.3) is 5.91 Å². The molecule has 0 aromatic heterocycles. The Morgan fingerprint density at radius 3 is 2.40 bits per heavy atom. The SMILES string of the molecule is CCc1ccccc1NC(=O)CNC(=O)C[NH+]1CC[NH+](Cc2cccc(C)c2)CC1. The lowest BCUT2D eigenvalue weighted by atomic mass is 10.1. The molecule has 1 aliphatic rings. The van der Waals surface area contributed by atoms with Gasteiger partial charge >= 0.3 is 0 Å². The first kappa shape index (κ1) is 22.0. The van der Waals surface area contributed by atoms with Crippen LogP contribution in [0.15, 0.2) is 48.5 Å². The van der Waals surface area contributed by atoms with Crippen molar-refractivity contribution in [3.63, 3.8) is 0 Å². The van der Waals surface area contributed by atoms with Gasteiger partial charge in [-0.3, -0.25) is 9.59 Å². The summed E-state index contributed by atoms with van der Waals surface area (Å²) in [5.74, 6) is -0.252. The van der Waals surface area contributed by atoms with Crippen molar-refractivity contribution in [3.8, 4) is 0 Å². The van der Waals surface area contributed by atoms with E-state index in [1.807, 2.05) is 24.3 Å². The van der Waals surface area contributed by atoms with E-state index in [9.17, 15) is 9.59 Å². The van der Waals surface area contributed by atoms with Crippen LogP contribution in [0.2, 0.25) is 0 Å². The molecule has 0 radical (unpaired) electrons. The van der Waals surface area contributed by atoms with E-state index in [-0.39, 0.29) is 18.4 Å². The molecule has 4 N–H and O–H groups in total. The van der Waals surface area contributed by atoms with Gasteiger partial charge in [0.2, 0.25) is 5.91 Å². The maximum atomic E-state index is 12.3. The lowest BCUT2D eigenvalue weighted by Crippen LogP contribution is -3.28. The lowest BCUT2D eigenvalue weighted by Gasteiger charge is -2.29. The zero-order chi connectivity index (χ0) is 21.3. The Morgan fingerprint density at radius 1 is 0.933 bits per heavy atom. The molecule has 0 atom stereocenters. The molecule has 1 heterocycles. The summed E-state index contributed by atoms with van der Waals surface area (Å²) < 4.78 is 0. The third-order valence-corrected chi connectivity index (χ3v) is 5.73. The van der Waals surface area contributed by atoms with Crippen molar-refractivity contribution in [2.75, 3.05) is 44.6 Å². The van der Waals surface area contributed by atoms with Gasteiger partial charge in [-0.1, -0.05) is 55.0 Å². The van der Waals surface area contributed by atoms with Crippen molar-refractivity contribution >= 4 is 17.5 Å². The number of quaternary nitrogens is 2. The molecule has 0 bridgehead atoms. The normalized spacial score (nSPS) is 18.6. The number of benzene rings is 2. The minimum Gasteiger partial charge on any atom is -0.342 e. The Kier molecular flexibility index (Phi) is 7.99. The quantitative estimate of drug-likeness (QED) is 0.478. The summed E-state index contributed by atoms with van der Waals surface area (Å²) in [6.45, 7) is 9.73. The zero-order valence-corrected chi connectivity index (χ0v) is 18.1. The van der Waals surface area contributed by atoms with Crippen LogP contribution >= 0.6 is 0 Å². The van der Waals surface area contributed by atoms with Crippen LogP contribution in [-0.4, -0.2) is 51.1 Å². The molecule has 160 valence electrons. The summed E-state index contributed by atoms with van der Waals surface area (Å²) in [7, 11) is 0. The topological polar surface area (TPSA) is 67.1 Å². The third kappa shape index (κ3) is 6.68. The van der Waals surface area contributed by atoms with Crippen LogP contribution in [0.3, 0.4) is 0 Å². The van der Waals surface area contributed by atoms with Gasteiger partial charge in [0.15, 0.2) is 6.54 Å². The highest BCUT2D eigenvalue weighted by atomic mass is 16.2. The van der Waals surface area contributed by atoms with Crippen molar-refractivity contribution in [1.29, 1.82) is 0 Å². The van der Waals surface area contributed by atoms with Crippen LogP contribution < -0.4 is 20.4 Å². The minimum atomic E-state index is -0.188.